The molecule has 1 saturated heterocycles. The van der Waals surface area contributed by atoms with Crippen LogP contribution in [0, 0.1) is 6.92 Å². The molecule has 0 aliphatic carbocycles. The summed E-state index contributed by atoms with van der Waals surface area (Å²) in [6, 6.07) is 13.3. The van der Waals surface area contributed by atoms with Crippen LogP contribution >= 0.6 is 0 Å². The summed E-state index contributed by atoms with van der Waals surface area (Å²) in [4.78, 5) is 17.5. The van der Waals surface area contributed by atoms with Crippen molar-refractivity contribution in [3.8, 4) is 0 Å². The number of imidazole rings is 1. The summed E-state index contributed by atoms with van der Waals surface area (Å²) < 4.78 is 29.6. The molecule has 3 aromatic rings. The standard InChI is InChI=1S/C25H32N4O3S/c1-3-14-29-23-11-10-21(33(31,32)28-15-4-5-16-28)17-22(23)27-24(29)12-13-25(30)26-18-20-8-6-19(2)7-9-20/h6-11,17H,3-5,12-16,18H2,1-2H3,(H,26,30). The molecule has 1 aliphatic heterocycles. The number of hydrogen-bond acceptors (Lipinski definition) is 4. The highest BCUT2D eigenvalue weighted by atomic mass is 32.2. The minimum absolute atomic E-state index is 0.0250. The van der Waals surface area contributed by atoms with Crippen LogP contribution in [0.5, 0.6) is 0 Å². The van der Waals surface area contributed by atoms with Crippen LogP contribution in [0.25, 0.3) is 11.0 Å². The van der Waals surface area contributed by atoms with E-state index in [2.05, 4.69) is 16.8 Å². The van der Waals surface area contributed by atoms with Gasteiger partial charge in [-0.15, -0.1) is 0 Å². The minimum Gasteiger partial charge on any atom is -0.352 e. The Morgan fingerprint density at radius 2 is 1.82 bits per heavy atom. The van der Waals surface area contributed by atoms with E-state index >= 15 is 0 Å². The smallest absolute Gasteiger partial charge is 0.243 e. The molecule has 0 spiro atoms. The maximum Gasteiger partial charge on any atom is 0.243 e. The van der Waals surface area contributed by atoms with Crippen molar-refractivity contribution in [2.45, 2.75) is 63.9 Å². The zero-order valence-electron chi connectivity index (χ0n) is 19.4. The fraction of sp³-hybridized carbons (Fsp3) is 0.440. The summed E-state index contributed by atoms with van der Waals surface area (Å²) in [5, 5.41) is 2.97. The molecule has 1 amide bonds. The summed E-state index contributed by atoms with van der Waals surface area (Å²) in [6.45, 7) is 6.56. The molecular weight excluding hydrogens is 436 g/mol. The molecule has 0 radical (unpaired) electrons. The number of hydrogen-bond donors (Lipinski definition) is 1. The monoisotopic (exact) mass is 468 g/mol. The van der Waals surface area contributed by atoms with E-state index in [4.69, 9.17) is 4.98 Å². The van der Waals surface area contributed by atoms with E-state index in [0.29, 0.717) is 42.9 Å². The third kappa shape index (κ3) is 5.28. The molecule has 2 heterocycles. The maximum atomic E-state index is 13.0. The van der Waals surface area contributed by atoms with Crippen molar-refractivity contribution in [2.75, 3.05) is 13.1 Å². The first-order valence-electron chi connectivity index (χ1n) is 11.7. The predicted octanol–water partition coefficient (Wildman–Crippen LogP) is 3.79. The number of sulfonamides is 1. The van der Waals surface area contributed by atoms with Gasteiger partial charge in [-0.1, -0.05) is 36.8 Å². The van der Waals surface area contributed by atoms with Gasteiger partial charge in [0.1, 0.15) is 5.82 Å². The van der Waals surface area contributed by atoms with Gasteiger partial charge in [0.2, 0.25) is 15.9 Å². The van der Waals surface area contributed by atoms with Crippen molar-refractivity contribution < 1.29 is 13.2 Å². The highest BCUT2D eigenvalue weighted by Crippen LogP contribution is 2.25. The largest absolute Gasteiger partial charge is 0.352 e. The number of nitrogens with one attached hydrogen (secondary N) is 1. The average molecular weight is 469 g/mol. The molecule has 4 rings (SSSR count). The molecule has 0 unspecified atom stereocenters. The van der Waals surface area contributed by atoms with Gasteiger partial charge in [-0.2, -0.15) is 4.31 Å². The molecule has 1 fully saturated rings. The van der Waals surface area contributed by atoms with Gasteiger partial charge in [0.15, 0.2) is 0 Å². The first-order valence-corrected chi connectivity index (χ1v) is 13.1. The van der Waals surface area contributed by atoms with Crippen LogP contribution in [0.1, 0.15) is 49.6 Å². The fourth-order valence-electron chi connectivity index (χ4n) is 4.28. The topological polar surface area (TPSA) is 84.3 Å². The molecular formula is C25H32N4O3S. The highest BCUT2D eigenvalue weighted by Gasteiger charge is 2.27. The third-order valence-corrected chi connectivity index (χ3v) is 8.03. The summed E-state index contributed by atoms with van der Waals surface area (Å²) in [7, 11) is -3.49. The van der Waals surface area contributed by atoms with Crippen molar-refractivity contribution >= 4 is 27.0 Å². The van der Waals surface area contributed by atoms with Gasteiger partial charge < -0.3 is 9.88 Å². The zero-order valence-corrected chi connectivity index (χ0v) is 20.2. The summed E-state index contributed by atoms with van der Waals surface area (Å²) >= 11 is 0. The molecule has 1 aliphatic rings. The Hall–Kier alpha value is -2.71. The molecule has 1 N–H and O–H groups in total. The summed E-state index contributed by atoms with van der Waals surface area (Å²) in [5.74, 6) is 0.788. The van der Waals surface area contributed by atoms with E-state index in [0.717, 1.165) is 42.7 Å². The van der Waals surface area contributed by atoms with Crippen LogP contribution < -0.4 is 5.32 Å². The first kappa shape index (κ1) is 23.4. The molecule has 0 atom stereocenters. The quantitative estimate of drug-likeness (QED) is 0.518. The number of amides is 1. The van der Waals surface area contributed by atoms with Gasteiger partial charge in [0, 0.05) is 39.0 Å². The van der Waals surface area contributed by atoms with E-state index in [1.54, 1.807) is 16.4 Å². The molecule has 8 heteroatoms. The Morgan fingerprint density at radius 1 is 1.09 bits per heavy atom. The zero-order chi connectivity index (χ0) is 23.4. The number of rotatable bonds is 9. The molecule has 7 nitrogen and oxygen atoms in total. The molecule has 1 aromatic heterocycles. The van der Waals surface area contributed by atoms with Crippen LogP contribution in [0.2, 0.25) is 0 Å². The Bertz CT molecular complexity index is 1230. The third-order valence-electron chi connectivity index (χ3n) is 6.13. The minimum atomic E-state index is -3.49. The lowest BCUT2D eigenvalue weighted by atomic mass is 10.1. The van der Waals surface area contributed by atoms with E-state index < -0.39 is 10.0 Å². The van der Waals surface area contributed by atoms with Crippen LogP contribution in [-0.4, -0.2) is 41.3 Å². The second-order valence-electron chi connectivity index (χ2n) is 8.70. The van der Waals surface area contributed by atoms with Gasteiger partial charge >= 0.3 is 0 Å². The van der Waals surface area contributed by atoms with Crippen molar-refractivity contribution in [1.29, 1.82) is 0 Å². The maximum absolute atomic E-state index is 13.0. The van der Waals surface area contributed by atoms with Crippen molar-refractivity contribution in [1.82, 2.24) is 19.2 Å². The van der Waals surface area contributed by atoms with Gasteiger partial charge in [-0.05, 0) is 49.9 Å². The van der Waals surface area contributed by atoms with Crippen LogP contribution in [0.3, 0.4) is 0 Å². The number of aromatic nitrogens is 2. The fourth-order valence-corrected chi connectivity index (χ4v) is 5.82. The second-order valence-corrected chi connectivity index (χ2v) is 10.6. The Labute approximate surface area is 195 Å². The van der Waals surface area contributed by atoms with Gasteiger partial charge in [-0.3, -0.25) is 4.79 Å². The Morgan fingerprint density at radius 3 is 2.52 bits per heavy atom. The van der Waals surface area contributed by atoms with Gasteiger partial charge in [0.25, 0.3) is 0 Å². The number of carbonyl (C=O) groups is 1. The van der Waals surface area contributed by atoms with E-state index in [-0.39, 0.29) is 5.91 Å². The Kier molecular flexibility index (Phi) is 7.14. The summed E-state index contributed by atoms with van der Waals surface area (Å²) in [6.07, 6.45) is 3.57. The van der Waals surface area contributed by atoms with Crippen molar-refractivity contribution in [2.24, 2.45) is 0 Å². The Balaban J connectivity index is 1.48. The van der Waals surface area contributed by atoms with Gasteiger partial charge in [-0.25, -0.2) is 13.4 Å². The van der Waals surface area contributed by atoms with Crippen LogP contribution in [0.15, 0.2) is 47.4 Å². The van der Waals surface area contributed by atoms with E-state index in [1.807, 2.05) is 37.3 Å². The highest BCUT2D eigenvalue weighted by molar-refractivity contribution is 7.89. The summed E-state index contributed by atoms with van der Waals surface area (Å²) in [5.41, 5.74) is 3.83. The lowest BCUT2D eigenvalue weighted by Gasteiger charge is -2.15. The lowest BCUT2D eigenvalue weighted by molar-refractivity contribution is -0.121. The molecule has 176 valence electrons. The first-order chi connectivity index (χ1) is 15.9. The lowest BCUT2D eigenvalue weighted by Crippen LogP contribution is -2.27. The average Bonchev–Trinajstić information content (AvgIpc) is 3.46. The number of fused-ring (bicyclic) bond motifs is 1. The number of nitrogens with zero attached hydrogens (tertiary/aromatic N) is 3. The number of aryl methyl sites for hydroxylation is 3. The number of carbonyl (C=O) groups excluding carboxylic acids is 1. The molecule has 33 heavy (non-hydrogen) atoms. The van der Waals surface area contributed by atoms with Crippen molar-refractivity contribution in [3.05, 3.63) is 59.4 Å². The normalized spacial score (nSPS) is 14.7. The second kappa shape index (κ2) is 10.1. The predicted molar refractivity (Wildman–Crippen MR) is 129 cm³/mol. The van der Waals surface area contributed by atoms with Gasteiger partial charge in [0.05, 0.1) is 15.9 Å². The van der Waals surface area contributed by atoms with Crippen LogP contribution in [-0.2, 0) is 34.3 Å². The van der Waals surface area contributed by atoms with E-state index in [9.17, 15) is 13.2 Å². The SMILES string of the molecule is CCCn1c(CCC(=O)NCc2ccc(C)cc2)nc2cc(S(=O)(=O)N3CCCC3)ccc21. The molecule has 2 aromatic carbocycles. The van der Waals surface area contributed by atoms with Crippen molar-refractivity contribution in [3.63, 3.8) is 0 Å². The van der Waals surface area contributed by atoms with E-state index in [1.165, 1.54) is 5.56 Å². The molecule has 0 saturated carbocycles. The van der Waals surface area contributed by atoms with Crippen LogP contribution in [0.4, 0.5) is 0 Å². The number of benzene rings is 2. The molecule has 0 bridgehead atoms.